The largest absolute Gasteiger partial charge is 0.339 e. The molecule has 2 saturated heterocycles. The second-order valence-corrected chi connectivity index (χ2v) is 7.42. The summed E-state index contributed by atoms with van der Waals surface area (Å²) in [5, 5.41) is 0. The number of hydrogen-bond acceptors (Lipinski definition) is 3. The highest BCUT2D eigenvalue weighted by molar-refractivity contribution is 6.22. The zero-order valence-electron chi connectivity index (χ0n) is 14.9. The molecule has 1 aromatic carbocycles. The third-order valence-electron chi connectivity index (χ3n) is 5.77. The molecule has 1 aromatic rings. The summed E-state index contributed by atoms with van der Waals surface area (Å²) in [6.45, 7) is 1.61. The van der Waals surface area contributed by atoms with E-state index >= 15 is 0 Å². The van der Waals surface area contributed by atoms with Crippen molar-refractivity contribution in [2.75, 3.05) is 18.0 Å². The van der Waals surface area contributed by atoms with E-state index in [-0.39, 0.29) is 29.6 Å². The fourth-order valence-corrected chi connectivity index (χ4v) is 4.26. The van der Waals surface area contributed by atoms with E-state index in [2.05, 4.69) is 0 Å². The summed E-state index contributed by atoms with van der Waals surface area (Å²) in [6.07, 6.45) is 9.71. The van der Waals surface area contributed by atoms with Crippen LogP contribution in [-0.2, 0) is 9.59 Å². The van der Waals surface area contributed by atoms with Crippen molar-refractivity contribution in [1.29, 1.82) is 0 Å². The zero-order chi connectivity index (χ0) is 18.1. The molecule has 2 atom stereocenters. The van der Waals surface area contributed by atoms with Gasteiger partial charge in [-0.3, -0.25) is 19.3 Å². The lowest BCUT2D eigenvalue weighted by molar-refractivity contribution is -0.122. The van der Waals surface area contributed by atoms with Crippen molar-refractivity contribution in [2.45, 2.75) is 38.5 Å². The molecule has 3 aliphatic rings. The van der Waals surface area contributed by atoms with E-state index in [9.17, 15) is 14.4 Å². The predicted octanol–water partition coefficient (Wildman–Crippen LogP) is 3.16. The van der Waals surface area contributed by atoms with Crippen LogP contribution in [-0.4, -0.2) is 35.7 Å². The van der Waals surface area contributed by atoms with Crippen molar-refractivity contribution in [1.82, 2.24) is 4.90 Å². The summed E-state index contributed by atoms with van der Waals surface area (Å²) in [4.78, 5) is 41.2. The Morgan fingerprint density at radius 3 is 1.88 bits per heavy atom. The molecular weight excluding hydrogens is 328 g/mol. The van der Waals surface area contributed by atoms with Gasteiger partial charge in [0.1, 0.15) is 0 Å². The average Bonchev–Trinajstić information content (AvgIpc) is 2.87. The number of hydrogen-bond donors (Lipinski definition) is 0. The van der Waals surface area contributed by atoms with Crippen LogP contribution in [0.25, 0.3) is 0 Å². The number of benzene rings is 1. The molecule has 0 aromatic heterocycles. The van der Waals surface area contributed by atoms with Crippen molar-refractivity contribution in [3.63, 3.8) is 0 Å². The minimum atomic E-state index is -0.231. The maximum atomic E-state index is 12.7. The second-order valence-electron chi connectivity index (χ2n) is 7.42. The maximum Gasteiger partial charge on any atom is 0.253 e. The van der Waals surface area contributed by atoms with Crippen LogP contribution < -0.4 is 4.90 Å². The van der Waals surface area contributed by atoms with Gasteiger partial charge >= 0.3 is 0 Å². The highest BCUT2D eigenvalue weighted by Gasteiger charge is 2.47. The fraction of sp³-hybridized carbons (Fsp3) is 0.476. The van der Waals surface area contributed by atoms with Gasteiger partial charge in [-0.1, -0.05) is 25.0 Å². The molecule has 0 bridgehead atoms. The summed E-state index contributed by atoms with van der Waals surface area (Å²) < 4.78 is 0. The maximum absolute atomic E-state index is 12.7. The molecule has 4 rings (SSSR count). The number of amides is 3. The Bertz CT molecular complexity index is 719. The summed E-state index contributed by atoms with van der Waals surface area (Å²) in [5.41, 5.74) is 1.19. The van der Waals surface area contributed by atoms with Crippen molar-refractivity contribution in [2.24, 2.45) is 11.8 Å². The first kappa shape index (κ1) is 17.0. The van der Waals surface area contributed by atoms with Crippen LogP contribution in [0.1, 0.15) is 48.9 Å². The lowest BCUT2D eigenvalue weighted by Crippen LogP contribution is -2.32. The molecule has 5 heteroatoms. The Hall–Kier alpha value is -2.43. The SMILES string of the molecule is O=C(c1ccc(N2C(=O)[C@H]3CC=CC[C@H]3C2=O)cc1)N1CCCCCC1. The number of rotatable bonds is 2. The molecule has 136 valence electrons. The molecule has 0 spiro atoms. The van der Waals surface area contributed by atoms with Gasteiger partial charge in [0.15, 0.2) is 0 Å². The van der Waals surface area contributed by atoms with Crippen LogP contribution in [0.15, 0.2) is 36.4 Å². The number of anilines is 1. The van der Waals surface area contributed by atoms with Crippen LogP contribution in [0.4, 0.5) is 5.69 Å². The molecule has 0 saturated carbocycles. The van der Waals surface area contributed by atoms with Crippen molar-refractivity contribution in [3.05, 3.63) is 42.0 Å². The molecule has 2 fully saturated rings. The molecule has 2 aliphatic heterocycles. The first-order chi connectivity index (χ1) is 12.7. The molecule has 1 aliphatic carbocycles. The Morgan fingerprint density at radius 2 is 1.35 bits per heavy atom. The smallest absolute Gasteiger partial charge is 0.253 e. The van der Waals surface area contributed by atoms with Gasteiger partial charge in [-0.25, -0.2) is 0 Å². The summed E-state index contributed by atoms with van der Waals surface area (Å²) >= 11 is 0. The van der Waals surface area contributed by atoms with Gasteiger partial charge in [0, 0.05) is 18.7 Å². The van der Waals surface area contributed by atoms with E-state index in [1.165, 1.54) is 17.7 Å². The van der Waals surface area contributed by atoms with E-state index < -0.39 is 0 Å². The monoisotopic (exact) mass is 352 g/mol. The van der Waals surface area contributed by atoms with Gasteiger partial charge in [-0.15, -0.1) is 0 Å². The molecule has 0 N–H and O–H groups in total. The average molecular weight is 352 g/mol. The number of allylic oxidation sites excluding steroid dienone is 2. The Balaban J connectivity index is 1.52. The number of fused-ring (bicyclic) bond motifs is 1. The summed E-state index contributed by atoms with van der Waals surface area (Å²) in [7, 11) is 0. The second kappa shape index (κ2) is 7.06. The van der Waals surface area contributed by atoms with Gasteiger partial charge in [-0.05, 0) is 49.9 Å². The first-order valence-corrected chi connectivity index (χ1v) is 9.59. The number of carbonyl (C=O) groups is 3. The standard InChI is InChI=1S/C21H24N2O3/c24-19(22-13-5-1-2-6-14-22)15-9-11-16(12-10-15)23-20(25)17-7-3-4-8-18(17)21(23)26/h3-4,9-12,17-18H,1-2,5-8,13-14H2/t17-,18+. The minimum absolute atomic E-state index is 0.0374. The quantitative estimate of drug-likeness (QED) is 0.607. The van der Waals surface area contributed by atoms with Crippen LogP contribution in [0.3, 0.4) is 0 Å². The normalized spacial score (nSPS) is 26.0. The highest BCUT2D eigenvalue weighted by Crippen LogP contribution is 2.37. The third-order valence-corrected chi connectivity index (χ3v) is 5.77. The molecule has 5 nitrogen and oxygen atoms in total. The zero-order valence-corrected chi connectivity index (χ0v) is 14.9. The highest BCUT2D eigenvalue weighted by atomic mass is 16.2. The van der Waals surface area contributed by atoms with Crippen LogP contribution >= 0.6 is 0 Å². The van der Waals surface area contributed by atoms with E-state index in [0.717, 1.165) is 25.9 Å². The van der Waals surface area contributed by atoms with Gasteiger partial charge in [0.05, 0.1) is 17.5 Å². The Morgan fingerprint density at radius 1 is 0.808 bits per heavy atom. The van der Waals surface area contributed by atoms with E-state index in [4.69, 9.17) is 0 Å². The van der Waals surface area contributed by atoms with Crippen molar-refractivity contribution >= 4 is 23.4 Å². The number of nitrogens with zero attached hydrogens (tertiary/aromatic N) is 2. The first-order valence-electron chi connectivity index (χ1n) is 9.59. The summed E-state index contributed by atoms with van der Waals surface area (Å²) in [6, 6.07) is 6.93. The predicted molar refractivity (Wildman–Crippen MR) is 98.7 cm³/mol. The van der Waals surface area contributed by atoms with Crippen LogP contribution in [0.5, 0.6) is 0 Å². The van der Waals surface area contributed by atoms with Crippen molar-refractivity contribution in [3.8, 4) is 0 Å². The Kier molecular flexibility index (Phi) is 4.62. The van der Waals surface area contributed by atoms with Crippen LogP contribution in [0.2, 0.25) is 0 Å². The lowest BCUT2D eigenvalue weighted by atomic mass is 9.85. The molecule has 3 amide bonds. The molecule has 2 heterocycles. The van der Waals surface area contributed by atoms with Gasteiger partial charge in [0.2, 0.25) is 11.8 Å². The fourth-order valence-electron chi connectivity index (χ4n) is 4.26. The van der Waals surface area contributed by atoms with Gasteiger partial charge < -0.3 is 4.90 Å². The molecular formula is C21H24N2O3. The van der Waals surface area contributed by atoms with E-state index in [1.807, 2.05) is 17.1 Å². The van der Waals surface area contributed by atoms with Crippen molar-refractivity contribution < 1.29 is 14.4 Å². The Labute approximate surface area is 153 Å². The van der Waals surface area contributed by atoms with Crippen LogP contribution in [0, 0.1) is 11.8 Å². The molecule has 26 heavy (non-hydrogen) atoms. The van der Waals surface area contributed by atoms with Gasteiger partial charge in [-0.2, -0.15) is 0 Å². The lowest BCUT2D eigenvalue weighted by Gasteiger charge is -2.21. The number of imide groups is 1. The van der Waals surface area contributed by atoms with E-state index in [0.29, 0.717) is 24.1 Å². The molecule has 0 radical (unpaired) electrons. The van der Waals surface area contributed by atoms with E-state index in [1.54, 1.807) is 24.3 Å². The van der Waals surface area contributed by atoms with Gasteiger partial charge in [0.25, 0.3) is 5.91 Å². The third kappa shape index (κ3) is 2.96. The summed E-state index contributed by atoms with van der Waals surface area (Å²) in [5.74, 6) is -0.654. The minimum Gasteiger partial charge on any atom is -0.339 e. The number of likely N-dealkylation sites (tertiary alicyclic amines) is 1. The molecule has 0 unspecified atom stereocenters. The number of carbonyl (C=O) groups excluding carboxylic acids is 3. The topological polar surface area (TPSA) is 57.7 Å².